The molecule has 1 unspecified atom stereocenters. The molecule has 74 valence electrons. The minimum Gasteiger partial charge on any atom is -0.316 e. The van der Waals surface area contributed by atoms with Gasteiger partial charge < -0.3 is 10.2 Å². The summed E-state index contributed by atoms with van der Waals surface area (Å²) in [6.07, 6.45) is 1.28. The third kappa shape index (κ3) is 6.62. The van der Waals surface area contributed by atoms with Crippen LogP contribution < -0.4 is 5.32 Å². The van der Waals surface area contributed by atoms with E-state index in [1.54, 1.807) is 0 Å². The van der Waals surface area contributed by atoms with Gasteiger partial charge in [0.15, 0.2) is 0 Å². The molecule has 0 aromatic rings. The average molecular weight is 172 g/mol. The van der Waals surface area contributed by atoms with Crippen molar-refractivity contribution in [2.45, 2.75) is 27.2 Å². The van der Waals surface area contributed by atoms with Crippen LogP contribution in [0.25, 0.3) is 0 Å². The molecular weight excluding hydrogens is 148 g/mol. The quantitative estimate of drug-likeness (QED) is 0.586. The highest BCUT2D eigenvalue weighted by molar-refractivity contribution is 4.58. The second-order valence-corrected chi connectivity index (χ2v) is 3.63. The van der Waals surface area contributed by atoms with E-state index >= 15 is 0 Å². The summed E-state index contributed by atoms with van der Waals surface area (Å²) < 4.78 is 0. The van der Waals surface area contributed by atoms with Crippen molar-refractivity contribution in [2.24, 2.45) is 5.92 Å². The van der Waals surface area contributed by atoms with Gasteiger partial charge in [0.2, 0.25) is 0 Å². The lowest BCUT2D eigenvalue weighted by Gasteiger charge is -2.20. The Balaban J connectivity index is 3.26. The van der Waals surface area contributed by atoms with E-state index in [1.165, 1.54) is 13.0 Å². The summed E-state index contributed by atoms with van der Waals surface area (Å²) in [7, 11) is 2.20. The molecule has 2 nitrogen and oxygen atoms in total. The molecule has 0 rings (SSSR count). The standard InChI is InChI=1S/C10H24N2/c1-5-10(3)9-12(4)8-7-11-6-2/h10-11H,5-9H2,1-4H3. The summed E-state index contributed by atoms with van der Waals surface area (Å²) in [6.45, 7) is 11.3. The molecule has 0 aromatic carbocycles. The van der Waals surface area contributed by atoms with E-state index in [9.17, 15) is 0 Å². The molecule has 0 bridgehead atoms. The highest BCUT2D eigenvalue weighted by atomic mass is 15.1. The Morgan fingerprint density at radius 3 is 2.50 bits per heavy atom. The van der Waals surface area contributed by atoms with Crippen molar-refractivity contribution >= 4 is 0 Å². The van der Waals surface area contributed by atoms with E-state index < -0.39 is 0 Å². The summed E-state index contributed by atoms with van der Waals surface area (Å²) in [5.41, 5.74) is 0. The van der Waals surface area contributed by atoms with Crippen LogP contribution in [0, 0.1) is 5.92 Å². The van der Waals surface area contributed by atoms with Gasteiger partial charge in [-0.3, -0.25) is 0 Å². The fourth-order valence-electron chi connectivity index (χ4n) is 1.20. The highest BCUT2D eigenvalue weighted by Gasteiger charge is 2.02. The molecule has 0 saturated heterocycles. The molecule has 1 N–H and O–H groups in total. The lowest BCUT2D eigenvalue weighted by atomic mass is 10.1. The van der Waals surface area contributed by atoms with Gasteiger partial charge in [0.25, 0.3) is 0 Å². The van der Waals surface area contributed by atoms with Gasteiger partial charge in [-0.05, 0) is 19.5 Å². The van der Waals surface area contributed by atoms with Crippen LogP contribution in [-0.4, -0.2) is 38.1 Å². The van der Waals surface area contributed by atoms with Gasteiger partial charge in [0.05, 0.1) is 0 Å². The molecule has 2 heteroatoms. The smallest absolute Gasteiger partial charge is 0.0104 e. The molecular formula is C10H24N2. The molecule has 0 amide bonds. The third-order valence-corrected chi connectivity index (χ3v) is 2.24. The first kappa shape index (κ1) is 11.9. The van der Waals surface area contributed by atoms with E-state index in [2.05, 4.69) is 38.0 Å². The number of rotatable bonds is 7. The summed E-state index contributed by atoms with van der Waals surface area (Å²) in [4.78, 5) is 2.40. The molecule has 0 heterocycles. The maximum Gasteiger partial charge on any atom is 0.0104 e. The fraction of sp³-hybridized carbons (Fsp3) is 1.00. The Morgan fingerprint density at radius 1 is 1.33 bits per heavy atom. The Morgan fingerprint density at radius 2 is 2.00 bits per heavy atom. The number of hydrogen-bond donors (Lipinski definition) is 1. The maximum absolute atomic E-state index is 3.33. The topological polar surface area (TPSA) is 15.3 Å². The second kappa shape index (κ2) is 7.56. The van der Waals surface area contributed by atoms with E-state index in [0.717, 1.165) is 25.6 Å². The Kier molecular flexibility index (Phi) is 7.51. The SMILES string of the molecule is CCNCCN(C)CC(C)CC. The minimum absolute atomic E-state index is 0.830. The molecule has 0 radical (unpaired) electrons. The van der Waals surface area contributed by atoms with Gasteiger partial charge in [0, 0.05) is 19.6 Å². The van der Waals surface area contributed by atoms with Gasteiger partial charge in [-0.25, -0.2) is 0 Å². The normalized spacial score (nSPS) is 13.8. The van der Waals surface area contributed by atoms with Crippen LogP contribution in [0.3, 0.4) is 0 Å². The van der Waals surface area contributed by atoms with Crippen molar-refractivity contribution in [1.82, 2.24) is 10.2 Å². The monoisotopic (exact) mass is 172 g/mol. The number of nitrogens with one attached hydrogen (secondary N) is 1. The van der Waals surface area contributed by atoms with Gasteiger partial charge >= 0.3 is 0 Å². The molecule has 0 aliphatic rings. The fourth-order valence-corrected chi connectivity index (χ4v) is 1.20. The van der Waals surface area contributed by atoms with Crippen LogP contribution >= 0.6 is 0 Å². The first-order valence-corrected chi connectivity index (χ1v) is 5.09. The second-order valence-electron chi connectivity index (χ2n) is 3.63. The summed E-state index contributed by atoms with van der Waals surface area (Å²) >= 11 is 0. The summed E-state index contributed by atoms with van der Waals surface area (Å²) in [5.74, 6) is 0.830. The van der Waals surface area contributed by atoms with Crippen LogP contribution in [-0.2, 0) is 0 Å². The highest BCUT2D eigenvalue weighted by Crippen LogP contribution is 2.01. The average Bonchev–Trinajstić information content (AvgIpc) is 2.05. The van der Waals surface area contributed by atoms with Gasteiger partial charge in [-0.2, -0.15) is 0 Å². The molecule has 0 spiro atoms. The largest absolute Gasteiger partial charge is 0.316 e. The predicted octanol–water partition coefficient (Wildman–Crippen LogP) is 1.57. The molecule has 0 aliphatic heterocycles. The van der Waals surface area contributed by atoms with Crippen molar-refractivity contribution in [1.29, 1.82) is 0 Å². The van der Waals surface area contributed by atoms with Crippen LogP contribution in [0.4, 0.5) is 0 Å². The number of likely N-dealkylation sites (N-methyl/N-ethyl adjacent to an activating group) is 2. The maximum atomic E-state index is 3.33. The Labute approximate surface area is 77.3 Å². The van der Waals surface area contributed by atoms with Gasteiger partial charge in [-0.1, -0.05) is 27.2 Å². The lowest BCUT2D eigenvalue weighted by molar-refractivity contribution is 0.282. The first-order valence-electron chi connectivity index (χ1n) is 5.09. The molecule has 12 heavy (non-hydrogen) atoms. The molecule has 0 aromatic heterocycles. The number of nitrogens with zero attached hydrogens (tertiary/aromatic N) is 1. The minimum atomic E-state index is 0.830. The molecule has 0 fully saturated rings. The van der Waals surface area contributed by atoms with Crippen LogP contribution in [0.1, 0.15) is 27.2 Å². The van der Waals surface area contributed by atoms with E-state index in [-0.39, 0.29) is 0 Å². The van der Waals surface area contributed by atoms with Crippen LogP contribution in [0.15, 0.2) is 0 Å². The van der Waals surface area contributed by atoms with Crippen molar-refractivity contribution < 1.29 is 0 Å². The zero-order chi connectivity index (χ0) is 9.40. The predicted molar refractivity (Wildman–Crippen MR) is 55.5 cm³/mol. The zero-order valence-corrected chi connectivity index (χ0v) is 9.06. The molecule has 0 aliphatic carbocycles. The van der Waals surface area contributed by atoms with Crippen LogP contribution in [0.2, 0.25) is 0 Å². The van der Waals surface area contributed by atoms with E-state index in [4.69, 9.17) is 0 Å². The first-order chi connectivity index (χ1) is 5.70. The van der Waals surface area contributed by atoms with Crippen LogP contribution in [0.5, 0.6) is 0 Å². The van der Waals surface area contributed by atoms with E-state index in [1.807, 2.05) is 0 Å². The molecule has 1 atom stereocenters. The van der Waals surface area contributed by atoms with Crippen molar-refractivity contribution in [3.05, 3.63) is 0 Å². The van der Waals surface area contributed by atoms with Gasteiger partial charge in [-0.15, -0.1) is 0 Å². The zero-order valence-electron chi connectivity index (χ0n) is 9.06. The van der Waals surface area contributed by atoms with Gasteiger partial charge in [0.1, 0.15) is 0 Å². The molecule has 0 saturated carbocycles. The Bertz CT molecular complexity index is 93.8. The third-order valence-electron chi connectivity index (χ3n) is 2.24. The number of hydrogen-bond acceptors (Lipinski definition) is 2. The van der Waals surface area contributed by atoms with Crippen molar-refractivity contribution in [3.8, 4) is 0 Å². The lowest BCUT2D eigenvalue weighted by Crippen LogP contribution is -2.31. The van der Waals surface area contributed by atoms with Crippen molar-refractivity contribution in [3.63, 3.8) is 0 Å². The Hall–Kier alpha value is -0.0800. The summed E-state index contributed by atoms with van der Waals surface area (Å²) in [6, 6.07) is 0. The summed E-state index contributed by atoms with van der Waals surface area (Å²) in [5, 5.41) is 3.33. The van der Waals surface area contributed by atoms with Crippen molar-refractivity contribution in [2.75, 3.05) is 33.2 Å². The van der Waals surface area contributed by atoms with E-state index in [0.29, 0.717) is 0 Å².